The number of amides is 3. The van der Waals surface area contributed by atoms with Crippen molar-refractivity contribution in [3.05, 3.63) is 64.1 Å². The molecule has 2 aromatic carbocycles. The number of carbonyl (C=O) groups is 3. The standard InChI is InChI=1S/C24H30BrN3O4/c1-24(2,3)32-23(31)26-15-14-22(30)28-20-11-7-5-9-18(20)16-27-21(29)13-12-17-8-4-6-10-19(17)25/h4-11H,12-16H2,1-3H3,(H,26,31)(H,27,29)(H,28,30). The normalized spacial score (nSPS) is 10.9. The van der Waals surface area contributed by atoms with E-state index in [9.17, 15) is 14.4 Å². The van der Waals surface area contributed by atoms with Gasteiger partial charge in [-0.2, -0.15) is 0 Å². The highest BCUT2D eigenvalue weighted by Crippen LogP contribution is 2.18. The first-order chi connectivity index (χ1) is 15.1. The number of para-hydroxylation sites is 1. The van der Waals surface area contributed by atoms with E-state index in [1.165, 1.54) is 0 Å². The molecule has 2 rings (SSSR count). The van der Waals surface area contributed by atoms with Gasteiger partial charge in [-0.1, -0.05) is 52.3 Å². The van der Waals surface area contributed by atoms with Crippen LogP contribution in [0.15, 0.2) is 53.0 Å². The molecule has 3 N–H and O–H groups in total. The van der Waals surface area contributed by atoms with Gasteiger partial charge in [0.1, 0.15) is 5.60 Å². The van der Waals surface area contributed by atoms with E-state index in [1.807, 2.05) is 42.5 Å². The summed E-state index contributed by atoms with van der Waals surface area (Å²) >= 11 is 3.49. The number of aryl methyl sites for hydroxylation is 1. The smallest absolute Gasteiger partial charge is 0.407 e. The van der Waals surface area contributed by atoms with E-state index in [0.29, 0.717) is 25.1 Å². The van der Waals surface area contributed by atoms with Crippen LogP contribution in [-0.2, 0) is 27.3 Å². The lowest BCUT2D eigenvalue weighted by molar-refractivity contribution is -0.121. The third kappa shape index (κ3) is 9.51. The first kappa shape index (κ1) is 25.4. The lowest BCUT2D eigenvalue weighted by Crippen LogP contribution is -2.34. The quantitative estimate of drug-likeness (QED) is 0.467. The van der Waals surface area contributed by atoms with Crippen LogP contribution in [0.3, 0.4) is 0 Å². The predicted octanol–water partition coefficient (Wildman–Crippen LogP) is 4.55. The van der Waals surface area contributed by atoms with Crippen molar-refractivity contribution in [3.8, 4) is 0 Å². The van der Waals surface area contributed by atoms with Crippen LogP contribution >= 0.6 is 15.9 Å². The molecule has 0 heterocycles. The number of halogens is 1. The molecule has 0 aromatic heterocycles. The maximum Gasteiger partial charge on any atom is 0.407 e. The Morgan fingerprint density at radius 1 is 0.875 bits per heavy atom. The largest absolute Gasteiger partial charge is 0.444 e. The summed E-state index contributed by atoms with van der Waals surface area (Å²) in [5.41, 5.74) is 1.92. The Labute approximate surface area is 197 Å². The molecule has 0 aliphatic heterocycles. The fourth-order valence-electron chi connectivity index (χ4n) is 2.83. The molecule has 32 heavy (non-hydrogen) atoms. The van der Waals surface area contributed by atoms with Crippen molar-refractivity contribution in [2.24, 2.45) is 0 Å². The maximum atomic E-state index is 12.3. The Kier molecular flexibility index (Phi) is 9.71. The number of ether oxygens (including phenoxy) is 1. The molecule has 0 spiro atoms. The predicted molar refractivity (Wildman–Crippen MR) is 128 cm³/mol. The van der Waals surface area contributed by atoms with E-state index in [-0.39, 0.29) is 24.8 Å². The van der Waals surface area contributed by atoms with E-state index >= 15 is 0 Å². The molecular formula is C24H30BrN3O4. The van der Waals surface area contributed by atoms with Crippen molar-refractivity contribution in [2.45, 2.75) is 52.2 Å². The molecule has 0 aliphatic rings. The molecule has 0 saturated heterocycles. The Hall–Kier alpha value is -2.87. The molecule has 0 bridgehead atoms. The fourth-order valence-corrected chi connectivity index (χ4v) is 3.32. The molecule has 0 fully saturated rings. The zero-order valence-corrected chi connectivity index (χ0v) is 20.3. The Morgan fingerprint density at radius 2 is 1.53 bits per heavy atom. The SMILES string of the molecule is CC(C)(C)OC(=O)NCCC(=O)Nc1ccccc1CNC(=O)CCc1ccccc1Br. The molecule has 0 saturated carbocycles. The van der Waals surface area contributed by atoms with Crippen molar-refractivity contribution >= 4 is 39.5 Å². The lowest BCUT2D eigenvalue weighted by Gasteiger charge is -2.19. The zero-order valence-electron chi connectivity index (χ0n) is 18.7. The number of alkyl carbamates (subject to hydrolysis) is 1. The summed E-state index contributed by atoms with van der Waals surface area (Å²) in [5, 5.41) is 8.30. The van der Waals surface area contributed by atoms with E-state index in [1.54, 1.807) is 26.8 Å². The summed E-state index contributed by atoms with van der Waals surface area (Å²) in [6, 6.07) is 15.1. The van der Waals surface area contributed by atoms with Crippen LogP contribution in [0.2, 0.25) is 0 Å². The summed E-state index contributed by atoms with van der Waals surface area (Å²) in [4.78, 5) is 36.2. The van der Waals surface area contributed by atoms with Gasteiger partial charge in [0.05, 0.1) is 0 Å². The Bertz CT molecular complexity index is 941. The van der Waals surface area contributed by atoms with Gasteiger partial charge >= 0.3 is 6.09 Å². The van der Waals surface area contributed by atoms with Gasteiger partial charge in [0.2, 0.25) is 11.8 Å². The van der Waals surface area contributed by atoms with Crippen molar-refractivity contribution < 1.29 is 19.1 Å². The topological polar surface area (TPSA) is 96.5 Å². The number of hydrogen-bond donors (Lipinski definition) is 3. The molecule has 7 nitrogen and oxygen atoms in total. The van der Waals surface area contributed by atoms with E-state index in [4.69, 9.17) is 4.74 Å². The maximum absolute atomic E-state index is 12.3. The Morgan fingerprint density at radius 3 is 2.22 bits per heavy atom. The number of benzene rings is 2. The number of carbonyl (C=O) groups excluding carboxylic acids is 3. The average Bonchev–Trinajstić information content (AvgIpc) is 2.71. The summed E-state index contributed by atoms with van der Waals surface area (Å²) in [6.07, 6.45) is 0.547. The van der Waals surface area contributed by atoms with Crippen LogP contribution in [-0.4, -0.2) is 30.1 Å². The van der Waals surface area contributed by atoms with Crippen LogP contribution in [0.1, 0.15) is 44.7 Å². The summed E-state index contributed by atoms with van der Waals surface area (Å²) < 4.78 is 6.13. The van der Waals surface area contributed by atoms with Gasteiger partial charge in [0.25, 0.3) is 0 Å². The second-order valence-corrected chi connectivity index (χ2v) is 9.11. The van der Waals surface area contributed by atoms with Crippen LogP contribution in [0.4, 0.5) is 10.5 Å². The van der Waals surface area contributed by atoms with E-state index < -0.39 is 11.7 Å². The summed E-state index contributed by atoms with van der Waals surface area (Å²) in [7, 11) is 0. The third-order valence-electron chi connectivity index (χ3n) is 4.37. The van der Waals surface area contributed by atoms with Gasteiger partial charge in [-0.3, -0.25) is 9.59 Å². The van der Waals surface area contributed by atoms with Gasteiger partial charge in [-0.05, 0) is 50.5 Å². The van der Waals surface area contributed by atoms with E-state index in [0.717, 1.165) is 15.6 Å². The molecule has 8 heteroatoms. The Balaban J connectivity index is 1.79. The second kappa shape index (κ2) is 12.2. The highest BCUT2D eigenvalue weighted by molar-refractivity contribution is 9.10. The van der Waals surface area contributed by atoms with Gasteiger partial charge in [0.15, 0.2) is 0 Å². The van der Waals surface area contributed by atoms with Crippen molar-refractivity contribution in [1.82, 2.24) is 10.6 Å². The van der Waals surface area contributed by atoms with Crippen molar-refractivity contribution in [1.29, 1.82) is 0 Å². The highest BCUT2D eigenvalue weighted by Gasteiger charge is 2.16. The number of rotatable bonds is 9. The van der Waals surface area contributed by atoms with Crippen LogP contribution in [0.5, 0.6) is 0 Å². The number of anilines is 1. The van der Waals surface area contributed by atoms with Crippen molar-refractivity contribution in [3.63, 3.8) is 0 Å². The molecule has 172 valence electrons. The second-order valence-electron chi connectivity index (χ2n) is 8.25. The monoisotopic (exact) mass is 503 g/mol. The fraction of sp³-hybridized carbons (Fsp3) is 0.375. The lowest BCUT2D eigenvalue weighted by atomic mass is 10.1. The van der Waals surface area contributed by atoms with Crippen LogP contribution < -0.4 is 16.0 Å². The molecule has 0 radical (unpaired) electrons. The first-order valence-electron chi connectivity index (χ1n) is 10.5. The summed E-state index contributed by atoms with van der Waals surface area (Å²) in [6.45, 7) is 5.79. The molecule has 0 aliphatic carbocycles. The molecule has 2 aromatic rings. The highest BCUT2D eigenvalue weighted by atomic mass is 79.9. The number of nitrogens with one attached hydrogen (secondary N) is 3. The minimum absolute atomic E-state index is 0.0663. The summed E-state index contributed by atoms with van der Waals surface area (Å²) in [5.74, 6) is -0.308. The van der Waals surface area contributed by atoms with Gasteiger partial charge in [-0.15, -0.1) is 0 Å². The van der Waals surface area contributed by atoms with Gasteiger partial charge < -0.3 is 20.7 Å². The minimum Gasteiger partial charge on any atom is -0.444 e. The first-order valence-corrected chi connectivity index (χ1v) is 11.3. The molecule has 0 unspecified atom stereocenters. The van der Waals surface area contributed by atoms with Crippen LogP contribution in [0, 0.1) is 0 Å². The minimum atomic E-state index is -0.590. The molecule has 3 amide bonds. The van der Waals surface area contributed by atoms with E-state index in [2.05, 4.69) is 31.9 Å². The van der Waals surface area contributed by atoms with Gasteiger partial charge in [-0.25, -0.2) is 4.79 Å². The number of hydrogen-bond acceptors (Lipinski definition) is 4. The average molecular weight is 504 g/mol. The molecular weight excluding hydrogens is 474 g/mol. The third-order valence-corrected chi connectivity index (χ3v) is 5.14. The molecule has 0 atom stereocenters. The zero-order chi connectivity index (χ0) is 23.6. The van der Waals surface area contributed by atoms with Crippen molar-refractivity contribution in [2.75, 3.05) is 11.9 Å². The van der Waals surface area contributed by atoms with Gasteiger partial charge in [0, 0.05) is 36.1 Å². The van der Waals surface area contributed by atoms with Crippen LogP contribution in [0.25, 0.3) is 0 Å².